The fraction of sp³-hybridized carbons (Fsp3) is 0.550. The van der Waals surface area contributed by atoms with E-state index < -0.39 is 20.7 Å². The van der Waals surface area contributed by atoms with Gasteiger partial charge in [0.15, 0.2) is 0 Å². The van der Waals surface area contributed by atoms with Crippen LogP contribution in [0.4, 0.5) is 0 Å². The Morgan fingerprint density at radius 2 is 1.77 bits per heavy atom. The highest BCUT2D eigenvalue weighted by Crippen LogP contribution is 2.51. The number of sulfonamides is 1. The Bertz CT molecular complexity index is 852. The number of benzene rings is 1. The van der Waals surface area contributed by atoms with Crippen LogP contribution in [0, 0.1) is 0 Å². The molecule has 0 fully saturated rings. The van der Waals surface area contributed by atoms with Gasteiger partial charge in [-0.25, -0.2) is 8.42 Å². The molecule has 0 aromatic heterocycles. The smallest absolute Gasteiger partial charge is 0.259 e. The molecule has 1 heterocycles. The molecular formula is C20H28N2O3S. The minimum absolute atomic E-state index is 0.536. The Kier molecular flexibility index (Phi) is 4.90. The summed E-state index contributed by atoms with van der Waals surface area (Å²) >= 11 is 0. The van der Waals surface area contributed by atoms with Crippen molar-refractivity contribution in [1.82, 2.24) is 4.90 Å². The van der Waals surface area contributed by atoms with Gasteiger partial charge in [-0.3, -0.25) is 0 Å². The van der Waals surface area contributed by atoms with E-state index >= 15 is 0 Å². The lowest BCUT2D eigenvalue weighted by Crippen LogP contribution is -2.52. The van der Waals surface area contributed by atoms with Gasteiger partial charge in [-0.05, 0) is 58.2 Å². The summed E-state index contributed by atoms with van der Waals surface area (Å²) in [5, 5.41) is -0.539. The number of allylic oxidation sites excluding steroid dienone is 2. The maximum absolute atomic E-state index is 13.0. The Labute approximate surface area is 156 Å². The van der Waals surface area contributed by atoms with Crippen molar-refractivity contribution >= 4 is 15.9 Å². The summed E-state index contributed by atoms with van der Waals surface area (Å²) in [6.45, 7) is 9.71. The monoisotopic (exact) mass is 376 g/mol. The van der Waals surface area contributed by atoms with E-state index in [0.717, 1.165) is 24.4 Å². The average molecular weight is 377 g/mol. The number of nitrogens with zero attached hydrogens (tertiary/aromatic N) is 2. The van der Waals surface area contributed by atoms with Crippen LogP contribution in [0.15, 0.2) is 39.8 Å². The number of ether oxygens (including phenoxy) is 1. The lowest BCUT2D eigenvalue weighted by atomic mass is 9.66. The second kappa shape index (κ2) is 6.72. The predicted octanol–water partition coefficient (Wildman–Crippen LogP) is 3.52. The summed E-state index contributed by atoms with van der Waals surface area (Å²) in [5.41, 5.74) is 2.80. The first-order valence-electron chi connectivity index (χ1n) is 9.19. The molecular weight excluding hydrogens is 348 g/mol. The maximum Gasteiger partial charge on any atom is 0.259 e. The third kappa shape index (κ3) is 2.75. The van der Waals surface area contributed by atoms with Crippen molar-refractivity contribution in [2.45, 2.75) is 51.2 Å². The average Bonchev–Trinajstić information content (AvgIpc) is 2.85. The van der Waals surface area contributed by atoms with E-state index in [-0.39, 0.29) is 0 Å². The normalized spacial score (nSPS) is 27.1. The summed E-state index contributed by atoms with van der Waals surface area (Å²) < 4.78 is 35.7. The summed E-state index contributed by atoms with van der Waals surface area (Å²) in [4.78, 5) is 2.09. The molecule has 3 rings (SSSR count). The predicted molar refractivity (Wildman–Crippen MR) is 105 cm³/mol. The fourth-order valence-corrected chi connectivity index (χ4v) is 6.27. The van der Waals surface area contributed by atoms with Gasteiger partial charge in [0.2, 0.25) is 0 Å². The second-order valence-corrected chi connectivity index (χ2v) is 9.01. The summed E-state index contributed by atoms with van der Waals surface area (Å²) in [5.74, 6) is 1.47. The van der Waals surface area contributed by atoms with Crippen molar-refractivity contribution in [2.75, 3.05) is 20.2 Å². The Balaban J connectivity index is 2.26. The van der Waals surface area contributed by atoms with Gasteiger partial charge in [0.25, 0.3) is 10.0 Å². The van der Waals surface area contributed by atoms with Crippen LogP contribution in [0.3, 0.4) is 0 Å². The molecule has 2 aliphatic rings. The molecule has 1 aliphatic heterocycles. The van der Waals surface area contributed by atoms with E-state index in [9.17, 15) is 8.42 Å². The highest BCUT2D eigenvalue weighted by Gasteiger charge is 2.59. The van der Waals surface area contributed by atoms with Gasteiger partial charge >= 0.3 is 0 Å². The summed E-state index contributed by atoms with van der Waals surface area (Å²) in [7, 11) is -1.92. The van der Waals surface area contributed by atoms with Crippen molar-refractivity contribution in [1.29, 1.82) is 0 Å². The van der Waals surface area contributed by atoms with Crippen LogP contribution in [0.5, 0.6) is 5.75 Å². The van der Waals surface area contributed by atoms with Gasteiger partial charge in [-0.1, -0.05) is 23.3 Å². The van der Waals surface area contributed by atoms with Gasteiger partial charge in [0.1, 0.15) is 16.8 Å². The van der Waals surface area contributed by atoms with E-state index in [1.165, 1.54) is 11.1 Å². The van der Waals surface area contributed by atoms with E-state index in [0.29, 0.717) is 18.7 Å². The van der Waals surface area contributed by atoms with Gasteiger partial charge in [-0.2, -0.15) is 0 Å². The maximum atomic E-state index is 13.0. The van der Waals surface area contributed by atoms with Crippen LogP contribution in [-0.4, -0.2) is 44.6 Å². The number of methoxy groups -OCH3 is 1. The SMILES string of the molecule is CCN(CC)C1=NS(=O)(=O)[C@H]2CC(C)=C(C)C[C@@]12c1ccc(OC)cc1. The quantitative estimate of drug-likeness (QED) is 0.755. The second-order valence-electron chi connectivity index (χ2n) is 7.23. The van der Waals surface area contributed by atoms with Crippen molar-refractivity contribution in [3.63, 3.8) is 0 Å². The molecule has 0 amide bonds. The topological polar surface area (TPSA) is 59.0 Å². The van der Waals surface area contributed by atoms with Crippen LogP contribution in [0.1, 0.15) is 46.1 Å². The van der Waals surface area contributed by atoms with Crippen molar-refractivity contribution in [2.24, 2.45) is 4.40 Å². The molecule has 0 saturated heterocycles. The lowest BCUT2D eigenvalue weighted by molar-refractivity contribution is 0.390. The van der Waals surface area contributed by atoms with Crippen LogP contribution in [0.25, 0.3) is 0 Å². The standard InChI is InChI=1S/C20H28N2O3S/c1-6-22(7-2)19-20(16-8-10-17(25-5)11-9-16)13-15(4)14(3)12-18(20)26(23,24)21-19/h8-11,18H,6-7,12-13H2,1-5H3/t18-,20-/m0/s1. The largest absolute Gasteiger partial charge is 0.497 e. The van der Waals surface area contributed by atoms with E-state index in [2.05, 4.69) is 16.2 Å². The molecule has 26 heavy (non-hydrogen) atoms. The number of fused-ring (bicyclic) bond motifs is 1. The molecule has 0 bridgehead atoms. The van der Waals surface area contributed by atoms with Gasteiger partial charge in [0.05, 0.1) is 12.5 Å². The Morgan fingerprint density at radius 1 is 1.15 bits per heavy atom. The number of hydrogen-bond donors (Lipinski definition) is 0. The van der Waals surface area contributed by atoms with Crippen LogP contribution in [0.2, 0.25) is 0 Å². The number of amidine groups is 1. The third-order valence-electron chi connectivity index (χ3n) is 5.95. The van der Waals surface area contributed by atoms with Gasteiger partial charge in [0, 0.05) is 13.1 Å². The summed E-state index contributed by atoms with van der Waals surface area (Å²) in [6.07, 6.45) is 1.22. The molecule has 2 atom stereocenters. The third-order valence-corrected chi connectivity index (χ3v) is 7.67. The first-order valence-corrected chi connectivity index (χ1v) is 10.7. The zero-order valence-electron chi connectivity index (χ0n) is 16.2. The van der Waals surface area contributed by atoms with Gasteiger partial charge < -0.3 is 9.64 Å². The molecule has 1 aromatic rings. The van der Waals surface area contributed by atoms with E-state index in [1.807, 2.05) is 45.0 Å². The lowest BCUT2D eigenvalue weighted by Gasteiger charge is -2.43. The Morgan fingerprint density at radius 3 is 2.31 bits per heavy atom. The molecule has 0 spiro atoms. The van der Waals surface area contributed by atoms with Crippen molar-refractivity contribution < 1.29 is 13.2 Å². The number of likely N-dealkylation sites (N-methyl/N-ethyl adjacent to an activating group) is 1. The zero-order valence-corrected chi connectivity index (χ0v) is 17.1. The molecule has 1 aromatic carbocycles. The number of hydrogen-bond acceptors (Lipinski definition) is 4. The van der Waals surface area contributed by atoms with Crippen LogP contribution >= 0.6 is 0 Å². The molecule has 0 saturated carbocycles. The molecule has 0 radical (unpaired) electrons. The minimum Gasteiger partial charge on any atom is -0.497 e. The molecule has 6 heteroatoms. The summed E-state index contributed by atoms with van der Waals surface area (Å²) in [6, 6.07) is 7.82. The van der Waals surface area contributed by atoms with Crippen molar-refractivity contribution in [3.05, 3.63) is 41.0 Å². The van der Waals surface area contributed by atoms with Crippen molar-refractivity contribution in [3.8, 4) is 5.75 Å². The van der Waals surface area contributed by atoms with Gasteiger partial charge in [-0.15, -0.1) is 4.40 Å². The van der Waals surface area contributed by atoms with E-state index in [4.69, 9.17) is 4.74 Å². The van der Waals surface area contributed by atoms with E-state index in [1.54, 1.807) is 7.11 Å². The van der Waals surface area contributed by atoms with Crippen LogP contribution in [-0.2, 0) is 15.4 Å². The molecule has 1 aliphatic carbocycles. The highest BCUT2D eigenvalue weighted by molar-refractivity contribution is 7.91. The minimum atomic E-state index is -3.56. The van der Waals surface area contributed by atoms with Crippen LogP contribution < -0.4 is 4.74 Å². The zero-order chi connectivity index (χ0) is 19.1. The molecule has 142 valence electrons. The first-order chi connectivity index (χ1) is 12.3. The first kappa shape index (κ1) is 19.0. The molecule has 0 unspecified atom stereocenters. The highest BCUT2D eigenvalue weighted by atomic mass is 32.2. The Hall–Kier alpha value is -1.82. The fourth-order valence-electron chi connectivity index (χ4n) is 4.33. The molecule has 5 nitrogen and oxygen atoms in total. The molecule has 0 N–H and O–H groups in total. The number of rotatable bonds is 4.